The predicted molar refractivity (Wildman–Crippen MR) is 102 cm³/mol. The summed E-state index contributed by atoms with van der Waals surface area (Å²) in [6.07, 6.45) is 0. The number of ether oxygens (including phenoxy) is 1. The highest BCUT2D eigenvalue weighted by atomic mass is 16.5. The van der Waals surface area contributed by atoms with E-state index in [1.54, 1.807) is 12.1 Å². The first-order valence-electron chi connectivity index (χ1n) is 8.41. The van der Waals surface area contributed by atoms with E-state index in [-0.39, 0.29) is 22.8 Å². The third kappa shape index (κ3) is 4.52. The van der Waals surface area contributed by atoms with Gasteiger partial charge < -0.3 is 10.1 Å². The van der Waals surface area contributed by atoms with Gasteiger partial charge in [0.05, 0.1) is 24.0 Å². The van der Waals surface area contributed by atoms with Gasteiger partial charge in [-0.1, -0.05) is 20.8 Å². The maximum atomic E-state index is 12.4. The summed E-state index contributed by atoms with van der Waals surface area (Å²) in [5, 5.41) is 9.85. The van der Waals surface area contributed by atoms with Crippen LogP contribution >= 0.6 is 0 Å². The van der Waals surface area contributed by atoms with Crippen LogP contribution in [0.1, 0.15) is 50.7 Å². The molecule has 1 aromatic carbocycles. The van der Waals surface area contributed by atoms with Crippen molar-refractivity contribution in [3.05, 3.63) is 35.5 Å². The SMILES string of the molecule is COC(=O)c1ccc(N(C(C)=O)c2cc(C(C)(C)C)[nH]n2)c(NC(C)=O)c1. The van der Waals surface area contributed by atoms with Crippen molar-refractivity contribution in [3.63, 3.8) is 0 Å². The van der Waals surface area contributed by atoms with Crippen LogP contribution in [0.15, 0.2) is 24.3 Å². The number of carbonyl (C=O) groups excluding carboxylic acids is 3. The monoisotopic (exact) mass is 372 g/mol. The summed E-state index contributed by atoms with van der Waals surface area (Å²) >= 11 is 0. The third-order valence-corrected chi connectivity index (χ3v) is 3.89. The van der Waals surface area contributed by atoms with E-state index in [9.17, 15) is 14.4 Å². The molecule has 2 amide bonds. The normalized spacial score (nSPS) is 11.0. The van der Waals surface area contributed by atoms with E-state index in [0.29, 0.717) is 17.2 Å². The summed E-state index contributed by atoms with van der Waals surface area (Å²) in [4.78, 5) is 37.2. The minimum atomic E-state index is -0.544. The molecule has 0 aliphatic rings. The Labute approximate surface area is 157 Å². The average Bonchev–Trinajstić information content (AvgIpc) is 3.04. The summed E-state index contributed by atoms with van der Waals surface area (Å²) in [7, 11) is 1.27. The number of benzene rings is 1. The largest absolute Gasteiger partial charge is 0.465 e. The number of nitrogens with one attached hydrogen (secondary N) is 2. The Morgan fingerprint density at radius 3 is 2.30 bits per heavy atom. The Hall–Kier alpha value is -3.16. The predicted octanol–water partition coefficient (Wildman–Crippen LogP) is 3.14. The van der Waals surface area contributed by atoms with Crippen LogP contribution in [-0.2, 0) is 19.7 Å². The summed E-state index contributed by atoms with van der Waals surface area (Å²) in [5.74, 6) is -0.777. The molecular formula is C19H24N4O4. The minimum Gasteiger partial charge on any atom is -0.465 e. The van der Waals surface area contributed by atoms with Crippen LogP contribution in [-0.4, -0.2) is 35.1 Å². The van der Waals surface area contributed by atoms with Crippen molar-refractivity contribution in [2.45, 2.75) is 40.0 Å². The number of aromatic amines is 1. The van der Waals surface area contributed by atoms with Gasteiger partial charge in [0.1, 0.15) is 0 Å². The molecule has 0 aliphatic carbocycles. The van der Waals surface area contributed by atoms with Crippen molar-refractivity contribution in [2.24, 2.45) is 0 Å². The molecule has 0 radical (unpaired) electrons. The van der Waals surface area contributed by atoms with Crippen molar-refractivity contribution < 1.29 is 19.1 Å². The maximum Gasteiger partial charge on any atom is 0.337 e. The van der Waals surface area contributed by atoms with Crippen LogP contribution < -0.4 is 10.2 Å². The molecule has 144 valence electrons. The first-order valence-corrected chi connectivity index (χ1v) is 8.41. The van der Waals surface area contributed by atoms with Crippen molar-refractivity contribution in [1.82, 2.24) is 10.2 Å². The summed E-state index contributed by atoms with van der Waals surface area (Å²) in [5.41, 5.74) is 1.64. The second-order valence-electron chi connectivity index (χ2n) is 7.15. The lowest BCUT2D eigenvalue weighted by molar-refractivity contribution is -0.116. The number of aromatic nitrogens is 2. The van der Waals surface area contributed by atoms with Crippen LogP contribution in [0.5, 0.6) is 0 Å². The third-order valence-electron chi connectivity index (χ3n) is 3.89. The molecule has 0 bridgehead atoms. The number of amides is 2. The highest BCUT2D eigenvalue weighted by molar-refractivity contribution is 6.05. The van der Waals surface area contributed by atoms with E-state index < -0.39 is 5.97 Å². The number of carbonyl (C=O) groups is 3. The molecule has 0 atom stereocenters. The molecule has 0 saturated carbocycles. The molecule has 0 spiro atoms. The van der Waals surface area contributed by atoms with Crippen LogP contribution in [0.3, 0.4) is 0 Å². The van der Waals surface area contributed by atoms with Gasteiger partial charge in [-0.2, -0.15) is 5.10 Å². The zero-order valence-electron chi connectivity index (χ0n) is 16.3. The van der Waals surface area contributed by atoms with E-state index >= 15 is 0 Å². The van der Waals surface area contributed by atoms with Crippen molar-refractivity contribution in [2.75, 3.05) is 17.3 Å². The van der Waals surface area contributed by atoms with Gasteiger partial charge in [-0.25, -0.2) is 4.79 Å². The Morgan fingerprint density at radius 2 is 1.81 bits per heavy atom. The number of rotatable bonds is 4. The molecule has 0 aliphatic heterocycles. The molecule has 8 heteroatoms. The molecule has 1 heterocycles. The standard InChI is InChI=1S/C19H24N4O4/c1-11(24)20-14-9-13(18(26)27-6)7-8-15(14)23(12(2)25)17-10-16(21-22-17)19(3,4)5/h7-10H,1-6H3,(H,20,24)(H,21,22). The number of esters is 1. The molecule has 0 unspecified atom stereocenters. The van der Waals surface area contributed by atoms with Crippen molar-refractivity contribution in [3.8, 4) is 0 Å². The van der Waals surface area contributed by atoms with Gasteiger partial charge in [-0.05, 0) is 18.2 Å². The zero-order valence-corrected chi connectivity index (χ0v) is 16.3. The number of H-pyrrole nitrogens is 1. The topological polar surface area (TPSA) is 104 Å². The fourth-order valence-electron chi connectivity index (χ4n) is 2.53. The fourth-order valence-corrected chi connectivity index (χ4v) is 2.53. The lowest BCUT2D eigenvalue weighted by Crippen LogP contribution is -2.25. The Balaban J connectivity index is 2.59. The summed E-state index contributed by atoms with van der Waals surface area (Å²) < 4.78 is 4.72. The molecular weight excluding hydrogens is 348 g/mol. The maximum absolute atomic E-state index is 12.4. The van der Waals surface area contributed by atoms with Gasteiger partial charge in [-0.3, -0.25) is 19.6 Å². The number of nitrogens with zero attached hydrogens (tertiary/aromatic N) is 2. The first kappa shape index (κ1) is 20.2. The van der Waals surface area contributed by atoms with Gasteiger partial charge in [0.25, 0.3) is 0 Å². The van der Waals surface area contributed by atoms with Gasteiger partial charge in [0.2, 0.25) is 11.8 Å². The molecule has 0 saturated heterocycles. The highest BCUT2D eigenvalue weighted by Gasteiger charge is 2.24. The van der Waals surface area contributed by atoms with Crippen LogP contribution in [0.25, 0.3) is 0 Å². The molecule has 1 aromatic heterocycles. The van der Waals surface area contributed by atoms with E-state index in [2.05, 4.69) is 15.5 Å². The van der Waals surface area contributed by atoms with Gasteiger partial charge >= 0.3 is 5.97 Å². The van der Waals surface area contributed by atoms with Crippen molar-refractivity contribution in [1.29, 1.82) is 0 Å². The quantitative estimate of drug-likeness (QED) is 0.802. The summed E-state index contributed by atoms with van der Waals surface area (Å²) in [6.45, 7) is 8.82. The molecule has 2 N–H and O–H groups in total. The molecule has 27 heavy (non-hydrogen) atoms. The Kier molecular flexibility index (Phi) is 5.68. The number of hydrogen-bond donors (Lipinski definition) is 2. The highest BCUT2D eigenvalue weighted by Crippen LogP contribution is 2.34. The van der Waals surface area contributed by atoms with Gasteiger partial charge in [-0.15, -0.1) is 0 Å². The van der Waals surface area contributed by atoms with E-state index in [1.807, 2.05) is 20.8 Å². The van der Waals surface area contributed by atoms with Crippen LogP contribution in [0, 0.1) is 0 Å². The Morgan fingerprint density at radius 1 is 1.15 bits per heavy atom. The molecule has 8 nitrogen and oxygen atoms in total. The lowest BCUT2D eigenvalue weighted by Gasteiger charge is -2.22. The van der Waals surface area contributed by atoms with Crippen LogP contribution in [0.4, 0.5) is 17.2 Å². The van der Waals surface area contributed by atoms with Crippen LogP contribution in [0.2, 0.25) is 0 Å². The number of anilines is 3. The van der Waals surface area contributed by atoms with E-state index in [1.165, 1.54) is 38.0 Å². The van der Waals surface area contributed by atoms with Gasteiger partial charge in [0, 0.05) is 31.0 Å². The smallest absolute Gasteiger partial charge is 0.337 e. The van der Waals surface area contributed by atoms with Crippen molar-refractivity contribution >= 4 is 35.0 Å². The fraction of sp³-hybridized carbons (Fsp3) is 0.368. The second-order valence-corrected chi connectivity index (χ2v) is 7.15. The van der Waals surface area contributed by atoms with Gasteiger partial charge in [0.15, 0.2) is 5.82 Å². The average molecular weight is 372 g/mol. The number of hydrogen-bond acceptors (Lipinski definition) is 5. The lowest BCUT2D eigenvalue weighted by atomic mass is 9.92. The Bertz CT molecular complexity index is 880. The van der Waals surface area contributed by atoms with E-state index in [0.717, 1.165) is 5.69 Å². The molecule has 0 fully saturated rings. The molecule has 2 rings (SSSR count). The molecule has 2 aromatic rings. The first-order chi connectivity index (χ1) is 12.5. The summed E-state index contributed by atoms with van der Waals surface area (Å²) in [6, 6.07) is 6.35. The van der Waals surface area contributed by atoms with E-state index in [4.69, 9.17) is 4.74 Å². The minimum absolute atomic E-state index is 0.178. The number of methoxy groups -OCH3 is 1. The zero-order chi connectivity index (χ0) is 20.4. The second kappa shape index (κ2) is 7.61.